The molecule has 3 aliphatic rings. The van der Waals surface area contributed by atoms with E-state index in [-0.39, 0.29) is 28.3 Å². The Balaban J connectivity index is 2.09. The first-order valence-electron chi connectivity index (χ1n) is 10.2. The van der Waals surface area contributed by atoms with Crippen molar-refractivity contribution >= 4 is 5.97 Å². The summed E-state index contributed by atoms with van der Waals surface area (Å²) < 4.78 is 12.2. The number of ether oxygens (including phenoxy) is 2. The summed E-state index contributed by atoms with van der Waals surface area (Å²) in [6.45, 7) is 12.6. The van der Waals surface area contributed by atoms with Crippen LogP contribution < -0.4 is 0 Å². The number of carbonyl (C=O) groups is 1. The summed E-state index contributed by atoms with van der Waals surface area (Å²) in [7, 11) is 0. The van der Waals surface area contributed by atoms with E-state index < -0.39 is 11.9 Å². The fourth-order valence-corrected chi connectivity index (χ4v) is 6.51. The quantitative estimate of drug-likeness (QED) is 0.434. The van der Waals surface area contributed by atoms with Gasteiger partial charge in [-0.1, -0.05) is 34.1 Å². The molecule has 0 aromatic carbocycles. The highest BCUT2D eigenvalue weighted by Crippen LogP contribution is 2.66. The summed E-state index contributed by atoms with van der Waals surface area (Å²) in [5, 5.41) is 10.1. The fraction of sp³-hybridized carbons (Fsp3) is 0.952. The summed E-state index contributed by atoms with van der Waals surface area (Å²) in [6, 6.07) is 0. The monoisotopic (exact) mass is 368 g/mol. The zero-order valence-electron chi connectivity index (χ0n) is 17.3. The SMILES string of the molecule is CC[C@@]1(C)CC[C@@H]2[C@@]3(C)CCCC(C)(C)[C@@H]3C[C@@H](OC(C)=O)[C@@]2(OO)O1. The molecule has 26 heavy (non-hydrogen) atoms. The van der Waals surface area contributed by atoms with Crippen molar-refractivity contribution in [1.29, 1.82) is 0 Å². The molecular formula is C21H36O5. The highest BCUT2D eigenvalue weighted by molar-refractivity contribution is 5.66. The molecule has 0 radical (unpaired) electrons. The van der Waals surface area contributed by atoms with E-state index in [1.807, 2.05) is 0 Å². The van der Waals surface area contributed by atoms with Gasteiger partial charge in [0, 0.05) is 12.8 Å². The van der Waals surface area contributed by atoms with E-state index in [1.54, 1.807) is 0 Å². The van der Waals surface area contributed by atoms with Gasteiger partial charge in [0.2, 0.25) is 5.79 Å². The van der Waals surface area contributed by atoms with Crippen LogP contribution in [0.1, 0.15) is 86.5 Å². The van der Waals surface area contributed by atoms with Gasteiger partial charge in [0.25, 0.3) is 0 Å². The number of esters is 1. The van der Waals surface area contributed by atoms with E-state index in [4.69, 9.17) is 14.4 Å². The maximum atomic E-state index is 11.9. The summed E-state index contributed by atoms with van der Waals surface area (Å²) in [5.74, 6) is -1.22. The maximum Gasteiger partial charge on any atom is 0.303 e. The summed E-state index contributed by atoms with van der Waals surface area (Å²) in [6.07, 6.45) is 6.17. The van der Waals surface area contributed by atoms with Crippen molar-refractivity contribution in [2.24, 2.45) is 22.7 Å². The smallest absolute Gasteiger partial charge is 0.303 e. The Labute approximate surface area is 157 Å². The largest absolute Gasteiger partial charge is 0.457 e. The first-order valence-corrected chi connectivity index (χ1v) is 10.2. The Hall–Kier alpha value is -0.650. The van der Waals surface area contributed by atoms with Crippen LogP contribution in [0.3, 0.4) is 0 Å². The molecule has 0 spiro atoms. The van der Waals surface area contributed by atoms with Crippen LogP contribution in [0.15, 0.2) is 0 Å². The van der Waals surface area contributed by atoms with Crippen LogP contribution in [0.4, 0.5) is 0 Å². The fourth-order valence-electron chi connectivity index (χ4n) is 6.51. The van der Waals surface area contributed by atoms with Gasteiger partial charge in [-0.25, -0.2) is 5.26 Å². The van der Waals surface area contributed by atoms with Gasteiger partial charge in [0.05, 0.1) is 5.60 Å². The lowest BCUT2D eigenvalue weighted by molar-refractivity contribution is -0.492. The molecule has 5 heteroatoms. The molecule has 5 nitrogen and oxygen atoms in total. The molecule has 0 bridgehead atoms. The molecule has 0 aromatic rings. The highest BCUT2D eigenvalue weighted by Gasteiger charge is 2.69. The average Bonchev–Trinajstić information content (AvgIpc) is 2.55. The molecule has 1 aliphatic heterocycles. The maximum absolute atomic E-state index is 11.9. The van der Waals surface area contributed by atoms with Crippen LogP contribution in [0.25, 0.3) is 0 Å². The predicted molar refractivity (Wildman–Crippen MR) is 98.3 cm³/mol. The lowest BCUT2D eigenvalue weighted by atomic mass is 9.45. The van der Waals surface area contributed by atoms with Crippen LogP contribution >= 0.6 is 0 Å². The third-order valence-corrected chi connectivity index (χ3v) is 8.02. The normalized spacial score (nSPS) is 47.6. The Morgan fingerprint density at radius 1 is 1.15 bits per heavy atom. The van der Waals surface area contributed by atoms with Crippen molar-refractivity contribution < 1.29 is 24.4 Å². The third kappa shape index (κ3) is 2.91. The summed E-state index contributed by atoms with van der Waals surface area (Å²) in [5.41, 5.74) is -0.222. The molecule has 0 amide bonds. The topological polar surface area (TPSA) is 65.0 Å². The Bertz CT molecular complexity index is 561. The van der Waals surface area contributed by atoms with Crippen LogP contribution in [0.2, 0.25) is 0 Å². The summed E-state index contributed by atoms with van der Waals surface area (Å²) >= 11 is 0. The van der Waals surface area contributed by atoms with Gasteiger partial charge in [-0.05, 0) is 62.2 Å². The van der Waals surface area contributed by atoms with Crippen molar-refractivity contribution in [2.45, 2.75) is 104 Å². The molecule has 0 aromatic heterocycles. The highest BCUT2D eigenvalue weighted by atomic mass is 17.2. The molecule has 3 fully saturated rings. The van der Waals surface area contributed by atoms with E-state index >= 15 is 0 Å². The number of carbonyl (C=O) groups excluding carboxylic acids is 1. The number of hydrogen-bond acceptors (Lipinski definition) is 5. The minimum absolute atomic E-state index is 0.00213. The van der Waals surface area contributed by atoms with Crippen molar-refractivity contribution in [3.05, 3.63) is 0 Å². The first-order chi connectivity index (χ1) is 12.0. The molecule has 150 valence electrons. The van der Waals surface area contributed by atoms with E-state index in [9.17, 15) is 10.1 Å². The van der Waals surface area contributed by atoms with Gasteiger partial charge < -0.3 is 9.47 Å². The third-order valence-electron chi connectivity index (χ3n) is 8.02. The van der Waals surface area contributed by atoms with Gasteiger partial charge >= 0.3 is 5.97 Å². The standard InChI is InChI=1S/C21H36O5/c1-7-19(5)12-9-15-20(6)11-8-10-18(3,4)16(20)13-17(24-14(2)22)21(15,25-19)26-23/h15-17,23H,7-13H2,1-6H3/t15-,16+,17-,19+,20-,21-/m1/s1. The Morgan fingerprint density at radius 3 is 2.42 bits per heavy atom. The Morgan fingerprint density at radius 2 is 1.85 bits per heavy atom. The molecule has 3 rings (SSSR count). The van der Waals surface area contributed by atoms with Crippen molar-refractivity contribution in [2.75, 3.05) is 0 Å². The number of hydrogen-bond donors (Lipinski definition) is 1. The number of fused-ring (bicyclic) bond motifs is 3. The van der Waals surface area contributed by atoms with Crippen LogP contribution in [0.5, 0.6) is 0 Å². The van der Waals surface area contributed by atoms with Gasteiger partial charge in [-0.15, -0.1) is 0 Å². The Kier molecular flexibility index (Phi) is 4.99. The van der Waals surface area contributed by atoms with Gasteiger partial charge in [-0.2, -0.15) is 4.89 Å². The van der Waals surface area contributed by atoms with Crippen molar-refractivity contribution in [3.8, 4) is 0 Å². The van der Waals surface area contributed by atoms with E-state index in [0.717, 1.165) is 25.7 Å². The number of rotatable bonds is 3. The van der Waals surface area contributed by atoms with Gasteiger partial charge in [-0.3, -0.25) is 4.79 Å². The van der Waals surface area contributed by atoms with Crippen LogP contribution in [-0.4, -0.2) is 28.7 Å². The second-order valence-corrected chi connectivity index (χ2v) is 10.0. The second-order valence-electron chi connectivity index (χ2n) is 10.0. The molecule has 1 heterocycles. The van der Waals surface area contributed by atoms with Crippen LogP contribution in [-0.2, 0) is 19.2 Å². The zero-order chi connectivity index (χ0) is 19.4. The molecule has 2 saturated carbocycles. The van der Waals surface area contributed by atoms with Gasteiger partial charge in [0.1, 0.15) is 0 Å². The average molecular weight is 369 g/mol. The lowest BCUT2D eigenvalue weighted by Gasteiger charge is -2.65. The summed E-state index contributed by atoms with van der Waals surface area (Å²) in [4.78, 5) is 17.0. The molecule has 1 saturated heterocycles. The zero-order valence-corrected chi connectivity index (χ0v) is 17.3. The lowest BCUT2D eigenvalue weighted by Crippen LogP contribution is -2.70. The van der Waals surface area contributed by atoms with E-state index in [2.05, 4.69) is 34.6 Å². The molecule has 6 atom stereocenters. The minimum atomic E-state index is -1.27. The van der Waals surface area contributed by atoms with E-state index in [0.29, 0.717) is 12.3 Å². The van der Waals surface area contributed by atoms with E-state index in [1.165, 1.54) is 19.8 Å². The second kappa shape index (κ2) is 6.46. The predicted octanol–water partition coefficient (Wildman–Crippen LogP) is 4.94. The van der Waals surface area contributed by atoms with Gasteiger partial charge in [0.15, 0.2) is 6.10 Å². The van der Waals surface area contributed by atoms with Crippen LogP contribution in [0, 0.1) is 22.7 Å². The first kappa shape index (κ1) is 20.1. The molecular weight excluding hydrogens is 332 g/mol. The van der Waals surface area contributed by atoms with Crippen molar-refractivity contribution in [3.63, 3.8) is 0 Å². The van der Waals surface area contributed by atoms with Crippen molar-refractivity contribution in [1.82, 2.24) is 0 Å². The molecule has 0 unspecified atom stereocenters. The molecule has 1 N–H and O–H groups in total. The minimum Gasteiger partial charge on any atom is -0.457 e. The molecule has 2 aliphatic carbocycles.